The number of ether oxygens (including phenoxy) is 2. The highest BCUT2D eigenvalue weighted by molar-refractivity contribution is 6.55. The molecule has 0 unspecified atom stereocenters. The van der Waals surface area contributed by atoms with Crippen LogP contribution in [0.2, 0.25) is 25.1 Å². The summed E-state index contributed by atoms with van der Waals surface area (Å²) >= 11 is 30.3. The molecule has 0 fully saturated rings. The summed E-state index contributed by atoms with van der Waals surface area (Å²) in [6.07, 6.45) is -0.849. The standard InChI is InChI=1S/C23H16Cl5NO5/c24-16-17(25)19(27)21(20(28)18(16)26)34-22(31)15(10-12-6-8-14(30)9-7-12)29-23(32)33-11-13-4-2-1-3-5-13/h1-9,15,30H,10-11H2,(H,29,32)/t15-/m0/s1. The second-order valence-corrected chi connectivity index (χ2v) is 8.84. The molecule has 0 spiro atoms. The summed E-state index contributed by atoms with van der Waals surface area (Å²) in [5.74, 6) is -1.17. The third-order valence-corrected chi connectivity index (χ3v) is 6.78. The molecule has 1 amide bonds. The zero-order valence-electron chi connectivity index (χ0n) is 17.2. The predicted molar refractivity (Wildman–Crippen MR) is 132 cm³/mol. The van der Waals surface area contributed by atoms with Crippen LogP contribution in [0, 0.1) is 0 Å². The summed E-state index contributed by atoms with van der Waals surface area (Å²) in [5.41, 5.74) is 1.38. The minimum atomic E-state index is -1.21. The van der Waals surface area contributed by atoms with Gasteiger partial charge in [0, 0.05) is 6.42 Å². The fourth-order valence-corrected chi connectivity index (χ4v) is 4.01. The Morgan fingerprint density at radius 1 is 0.794 bits per heavy atom. The van der Waals surface area contributed by atoms with Gasteiger partial charge in [-0.25, -0.2) is 9.59 Å². The van der Waals surface area contributed by atoms with Crippen molar-refractivity contribution in [2.45, 2.75) is 19.1 Å². The van der Waals surface area contributed by atoms with Gasteiger partial charge in [-0.3, -0.25) is 0 Å². The van der Waals surface area contributed by atoms with E-state index in [1.807, 2.05) is 6.07 Å². The van der Waals surface area contributed by atoms with Crippen LogP contribution in [-0.4, -0.2) is 23.2 Å². The zero-order valence-corrected chi connectivity index (χ0v) is 20.9. The largest absolute Gasteiger partial charge is 0.508 e. The lowest BCUT2D eigenvalue weighted by atomic mass is 10.1. The maximum Gasteiger partial charge on any atom is 0.408 e. The Hall–Kier alpha value is -2.35. The van der Waals surface area contributed by atoms with E-state index >= 15 is 0 Å². The summed E-state index contributed by atoms with van der Waals surface area (Å²) in [6.45, 7) is -0.00624. The van der Waals surface area contributed by atoms with Crippen LogP contribution in [0.15, 0.2) is 54.6 Å². The van der Waals surface area contributed by atoms with Gasteiger partial charge in [-0.2, -0.15) is 0 Å². The lowest BCUT2D eigenvalue weighted by Crippen LogP contribution is -2.44. The SMILES string of the molecule is O=C(N[C@@H](Cc1ccc(O)cc1)C(=O)Oc1c(Cl)c(Cl)c(Cl)c(Cl)c1Cl)OCc1ccccc1. The van der Waals surface area contributed by atoms with Gasteiger partial charge in [0.1, 0.15) is 28.4 Å². The van der Waals surface area contributed by atoms with Crippen molar-refractivity contribution < 1.29 is 24.2 Å². The summed E-state index contributed by atoms with van der Waals surface area (Å²) < 4.78 is 10.6. The molecule has 0 aliphatic rings. The minimum Gasteiger partial charge on any atom is -0.508 e. The van der Waals surface area contributed by atoms with Crippen molar-refractivity contribution in [1.82, 2.24) is 5.32 Å². The van der Waals surface area contributed by atoms with Crippen LogP contribution in [0.1, 0.15) is 11.1 Å². The summed E-state index contributed by atoms with van der Waals surface area (Å²) in [7, 11) is 0. The van der Waals surface area contributed by atoms with Crippen molar-refractivity contribution in [3.63, 3.8) is 0 Å². The number of rotatable bonds is 7. The average Bonchev–Trinajstić information content (AvgIpc) is 2.84. The van der Waals surface area contributed by atoms with Crippen molar-refractivity contribution in [3.05, 3.63) is 90.8 Å². The Labute approximate surface area is 220 Å². The number of benzene rings is 3. The number of amides is 1. The molecule has 0 saturated carbocycles. The number of carbonyl (C=O) groups is 2. The number of carbonyl (C=O) groups excluding carboxylic acids is 2. The number of aromatic hydroxyl groups is 1. The molecule has 6 nitrogen and oxygen atoms in total. The molecule has 34 heavy (non-hydrogen) atoms. The maximum absolute atomic E-state index is 13.0. The predicted octanol–water partition coefficient (Wildman–Crippen LogP) is 7.10. The maximum atomic E-state index is 13.0. The second kappa shape index (κ2) is 11.9. The first-order valence-electron chi connectivity index (χ1n) is 9.65. The van der Waals surface area contributed by atoms with Gasteiger partial charge in [-0.05, 0) is 23.3 Å². The molecule has 0 aliphatic carbocycles. The van der Waals surface area contributed by atoms with Gasteiger partial charge in [0.05, 0.1) is 15.1 Å². The van der Waals surface area contributed by atoms with E-state index in [1.165, 1.54) is 12.1 Å². The molecule has 0 bridgehead atoms. The van der Waals surface area contributed by atoms with Crippen molar-refractivity contribution in [2.75, 3.05) is 0 Å². The van der Waals surface area contributed by atoms with E-state index in [-0.39, 0.29) is 49.6 Å². The number of phenols is 1. The van der Waals surface area contributed by atoms with Gasteiger partial charge in [-0.1, -0.05) is 100 Å². The average molecular weight is 564 g/mol. The van der Waals surface area contributed by atoms with E-state index in [1.54, 1.807) is 36.4 Å². The summed E-state index contributed by atoms with van der Waals surface area (Å²) in [4.78, 5) is 25.4. The lowest BCUT2D eigenvalue weighted by Gasteiger charge is -2.19. The van der Waals surface area contributed by atoms with Crippen LogP contribution in [-0.2, 0) is 22.6 Å². The molecule has 3 aromatic carbocycles. The van der Waals surface area contributed by atoms with E-state index in [2.05, 4.69) is 5.32 Å². The third kappa shape index (κ3) is 6.62. The van der Waals surface area contributed by atoms with Crippen LogP contribution in [0.5, 0.6) is 11.5 Å². The van der Waals surface area contributed by atoms with Crippen molar-refractivity contribution in [3.8, 4) is 11.5 Å². The highest BCUT2D eigenvalue weighted by Crippen LogP contribution is 2.48. The highest BCUT2D eigenvalue weighted by atomic mass is 35.5. The molecule has 11 heteroatoms. The van der Waals surface area contributed by atoms with Gasteiger partial charge < -0.3 is 19.9 Å². The monoisotopic (exact) mass is 561 g/mol. The van der Waals surface area contributed by atoms with Crippen LogP contribution in [0.4, 0.5) is 4.79 Å². The van der Waals surface area contributed by atoms with Crippen molar-refractivity contribution in [1.29, 1.82) is 0 Å². The molecule has 0 saturated heterocycles. The normalized spacial score (nSPS) is 11.6. The van der Waals surface area contributed by atoms with Crippen LogP contribution < -0.4 is 10.1 Å². The fraction of sp³-hybridized carbons (Fsp3) is 0.130. The molecule has 2 N–H and O–H groups in total. The molecule has 0 heterocycles. The van der Waals surface area contributed by atoms with Gasteiger partial charge in [0.2, 0.25) is 0 Å². The first-order valence-corrected chi connectivity index (χ1v) is 11.5. The van der Waals surface area contributed by atoms with Crippen LogP contribution in [0.3, 0.4) is 0 Å². The van der Waals surface area contributed by atoms with Gasteiger partial charge in [-0.15, -0.1) is 0 Å². The number of nitrogens with one attached hydrogen (secondary N) is 1. The first-order chi connectivity index (χ1) is 16.2. The number of hydrogen-bond donors (Lipinski definition) is 2. The number of hydrogen-bond acceptors (Lipinski definition) is 5. The Bertz CT molecular complexity index is 1160. The lowest BCUT2D eigenvalue weighted by molar-refractivity contribution is -0.136. The molecular formula is C23H16Cl5NO5. The number of alkyl carbamates (subject to hydrolysis) is 1. The van der Waals surface area contributed by atoms with Crippen LogP contribution >= 0.6 is 58.0 Å². The Balaban J connectivity index is 1.80. The van der Waals surface area contributed by atoms with Gasteiger partial charge in [0.15, 0.2) is 5.75 Å². The minimum absolute atomic E-state index is 0.00381. The van der Waals surface area contributed by atoms with E-state index in [9.17, 15) is 14.7 Å². The van der Waals surface area contributed by atoms with Crippen molar-refractivity contribution >= 4 is 70.1 Å². The van der Waals surface area contributed by atoms with E-state index in [0.29, 0.717) is 5.56 Å². The Kier molecular flexibility index (Phi) is 9.17. The quantitative estimate of drug-likeness (QED) is 0.139. The number of esters is 1. The molecule has 3 aromatic rings. The third-order valence-electron chi connectivity index (χ3n) is 4.54. The summed E-state index contributed by atoms with van der Waals surface area (Å²) in [5, 5.41) is 11.2. The Morgan fingerprint density at radius 3 is 1.94 bits per heavy atom. The second-order valence-electron chi connectivity index (χ2n) is 6.95. The fourth-order valence-electron chi connectivity index (χ4n) is 2.81. The first kappa shape index (κ1) is 26.3. The Morgan fingerprint density at radius 2 is 1.35 bits per heavy atom. The molecule has 3 rings (SSSR count). The van der Waals surface area contributed by atoms with E-state index < -0.39 is 18.1 Å². The van der Waals surface area contributed by atoms with Gasteiger partial charge in [0.25, 0.3) is 0 Å². The van der Waals surface area contributed by atoms with E-state index in [0.717, 1.165) is 5.56 Å². The molecule has 178 valence electrons. The number of phenolic OH excluding ortho intramolecular Hbond substituents is 1. The van der Waals surface area contributed by atoms with Crippen molar-refractivity contribution in [2.24, 2.45) is 0 Å². The smallest absolute Gasteiger partial charge is 0.408 e. The topological polar surface area (TPSA) is 84.9 Å². The van der Waals surface area contributed by atoms with Crippen LogP contribution in [0.25, 0.3) is 0 Å². The van der Waals surface area contributed by atoms with Gasteiger partial charge >= 0.3 is 12.1 Å². The zero-order chi connectivity index (χ0) is 24.8. The molecule has 0 aliphatic heterocycles. The molecule has 1 atom stereocenters. The number of halogens is 5. The molecular weight excluding hydrogens is 548 g/mol. The molecule has 0 radical (unpaired) electrons. The van der Waals surface area contributed by atoms with E-state index in [4.69, 9.17) is 67.5 Å². The molecule has 0 aromatic heterocycles. The highest BCUT2D eigenvalue weighted by Gasteiger charge is 2.28. The summed E-state index contributed by atoms with van der Waals surface area (Å²) in [6, 6.07) is 13.9.